The predicted octanol–water partition coefficient (Wildman–Crippen LogP) is 5.14. The molecule has 3 aromatic rings. The number of carbonyl (C=O) groups excluding carboxylic acids is 2. The van der Waals surface area contributed by atoms with Crippen molar-refractivity contribution in [3.05, 3.63) is 89.0 Å². The zero-order valence-corrected chi connectivity index (χ0v) is 20.3. The monoisotopic (exact) mass is 490 g/mol. The molecule has 0 radical (unpaired) electrons. The van der Waals surface area contributed by atoms with Crippen molar-refractivity contribution in [1.82, 2.24) is 0 Å². The molecule has 0 saturated carbocycles. The van der Waals surface area contributed by atoms with E-state index >= 15 is 0 Å². The van der Waals surface area contributed by atoms with Gasteiger partial charge < -0.3 is 10.1 Å². The number of Topliss-reactive ketones (excluding diaryl/α,β-unsaturated/α-hetero) is 2. The lowest BCUT2D eigenvalue weighted by Crippen LogP contribution is -2.29. The minimum absolute atomic E-state index is 0.0125. The minimum atomic E-state index is -3.88. The minimum Gasteiger partial charge on any atom is -0.378 e. The van der Waals surface area contributed by atoms with E-state index in [1.807, 2.05) is 24.3 Å². The van der Waals surface area contributed by atoms with Gasteiger partial charge in [-0.25, -0.2) is 8.42 Å². The molecular weight excluding hydrogens is 464 g/mol. The van der Waals surface area contributed by atoms with Gasteiger partial charge in [0.15, 0.2) is 11.6 Å². The van der Waals surface area contributed by atoms with E-state index in [0.29, 0.717) is 23.4 Å². The molecule has 35 heavy (non-hydrogen) atoms. The zero-order valence-electron chi connectivity index (χ0n) is 19.4. The molecule has 0 amide bonds. The van der Waals surface area contributed by atoms with Crippen molar-refractivity contribution in [2.45, 2.75) is 37.3 Å². The third-order valence-electron chi connectivity index (χ3n) is 6.69. The highest BCUT2D eigenvalue weighted by Crippen LogP contribution is 2.50. The van der Waals surface area contributed by atoms with E-state index in [1.54, 1.807) is 43.3 Å². The summed E-state index contributed by atoms with van der Waals surface area (Å²) in [6, 6.07) is 19.0. The summed E-state index contributed by atoms with van der Waals surface area (Å²) in [6.45, 7) is 3.56. The Morgan fingerprint density at radius 1 is 0.943 bits per heavy atom. The second-order valence-corrected chi connectivity index (χ2v) is 10.7. The molecule has 0 bridgehead atoms. The SMILES string of the molecule is CC(=O)c1cccc(NS(=O)(=O)c2ccc3c(c2)C2OCCC2C(c2cccc(C(C)=O)c2)N3)c1. The first-order valence-corrected chi connectivity index (χ1v) is 13.0. The smallest absolute Gasteiger partial charge is 0.261 e. The molecule has 0 spiro atoms. The molecule has 0 aliphatic carbocycles. The molecular formula is C27H26N2O5S. The Kier molecular flexibility index (Phi) is 5.94. The summed E-state index contributed by atoms with van der Waals surface area (Å²) in [4.78, 5) is 23.7. The number of hydrogen-bond acceptors (Lipinski definition) is 6. The van der Waals surface area contributed by atoms with Crippen molar-refractivity contribution in [2.75, 3.05) is 16.6 Å². The maximum Gasteiger partial charge on any atom is 0.261 e. The highest BCUT2D eigenvalue weighted by atomic mass is 32.2. The lowest BCUT2D eigenvalue weighted by Gasteiger charge is -2.36. The Morgan fingerprint density at radius 2 is 1.66 bits per heavy atom. The van der Waals surface area contributed by atoms with Crippen LogP contribution in [0.1, 0.15) is 64.3 Å². The molecule has 2 heterocycles. The zero-order chi connectivity index (χ0) is 24.7. The van der Waals surface area contributed by atoms with Crippen LogP contribution in [-0.2, 0) is 14.8 Å². The Balaban J connectivity index is 1.47. The Hall–Kier alpha value is -3.49. The summed E-state index contributed by atoms with van der Waals surface area (Å²) < 4.78 is 35.0. The van der Waals surface area contributed by atoms with E-state index in [4.69, 9.17) is 4.74 Å². The molecule has 3 aromatic carbocycles. The van der Waals surface area contributed by atoms with Gasteiger partial charge in [0.25, 0.3) is 10.0 Å². The van der Waals surface area contributed by atoms with Gasteiger partial charge >= 0.3 is 0 Å². The average molecular weight is 491 g/mol. The number of nitrogens with one attached hydrogen (secondary N) is 2. The van der Waals surface area contributed by atoms with Crippen molar-refractivity contribution in [2.24, 2.45) is 5.92 Å². The fraction of sp³-hybridized carbons (Fsp3) is 0.259. The number of anilines is 2. The summed E-state index contributed by atoms with van der Waals surface area (Å²) >= 11 is 0. The van der Waals surface area contributed by atoms with Gasteiger partial charge in [-0.15, -0.1) is 0 Å². The van der Waals surface area contributed by atoms with E-state index in [2.05, 4.69) is 10.0 Å². The standard InChI is InChI=1S/C27H26N2O5S/c1-16(30)18-5-3-7-20(13-18)26-23-11-12-34-27(23)24-15-22(9-10-25(24)28-26)35(32,33)29-21-8-4-6-19(14-21)17(2)31/h3-10,13-15,23,26-29H,11-12H2,1-2H3. The summed E-state index contributed by atoms with van der Waals surface area (Å²) in [5.74, 6) is -0.0277. The van der Waals surface area contributed by atoms with Crippen LogP contribution in [0.15, 0.2) is 71.6 Å². The summed E-state index contributed by atoms with van der Waals surface area (Å²) in [5, 5.41) is 3.56. The summed E-state index contributed by atoms with van der Waals surface area (Å²) in [5.41, 5.74) is 4.03. The van der Waals surface area contributed by atoms with Crippen LogP contribution in [0.2, 0.25) is 0 Å². The average Bonchev–Trinajstić information content (AvgIpc) is 3.33. The van der Waals surface area contributed by atoms with E-state index in [1.165, 1.54) is 13.0 Å². The lowest BCUT2D eigenvalue weighted by atomic mass is 9.80. The molecule has 180 valence electrons. The first-order valence-electron chi connectivity index (χ1n) is 11.5. The number of rotatable bonds is 6. The molecule has 0 aromatic heterocycles. The Labute approximate surface area is 204 Å². The number of ether oxygens (including phenoxy) is 1. The number of sulfonamides is 1. The normalized spacial score (nSPS) is 20.9. The van der Waals surface area contributed by atoms with Crippen LogP contribution in [0, 0.1) is 5.92 Å². The number of benzene rings is 3. The Bertz CT molecular complexity index is 1430. The van der Waals surface area contributed by atoms with Gasteiger partial charge in [-0.2, -0.15) is 0 Å². The highest BCUT2D eigenvalue weighted by Gasteiger charge is 2.42. The Morgan fingerprint density at radius 3 is 2.40 bits per heavy atom. The highest BCUT2D eigenvalue weighted by molar-refractivity contribution is 7.92. The number of ketones is 2. The van der Waals surface area contributed by atoms with Gasteiger partial charge in [-0.3, -0.25) is 14.3 Å². The fourth-order valence-corrected chi connectivity index (χ4v) is 6.00. The van der Waals surface area contributed by atoms with E-state index in [-0.39, 0.29) is 34.5 Å². The molecule has 2 aliphatic rings. The van der Waals surface area contributed by atoms with Gasteiger partial charge in [0.1, 0.15) is 0 Å². The fourth-order valence-electron chi connectivity index (χ4n) is 4.91. The summed E-state index contributed by atoms with van der Waals surface area (Å²) in [6.07, 6.45) is 0.563. The van der Waals surface area contributed by atoms with Crippen LogP contribution in [0.4, 0.5) is 11.4 Å². The number of hydrogen-bond donors (Lipinski definition) is 2. The summed E-state index contributed by atoms with van der Waals surface area (Å²) in [7, 11) is -3.88. The van der Waals surface area contributed by atoms with Crippen molar-refractivity contribution >= 4 is 33.0 Å². The number of carbonyl (C=O) groups is 2. The van der Waals surface area contributed by atoms with Crippen LogP contribution in [-0.4, -0.2) is 26.6 Å². The van der Waals surface area contributed by atoms with Crippen LogP contribution in [0.3, 0.4) is 0 Å². The molecule has 1 saturated heterocycles. The third kappa shape index (κ3) is 4.47. The van der Waals surface area contributed by atoms with Crippen LogP contribution >= 0.6 is 0 Å². The largest absolute Gasteiger partial charge is 0.378 e. The molecule has 2 aliphatic heterocycles. The van der Waals surface area contributed by atoms with Crippen molar-refractivity contribution in [3.8, 4) is 0 Å². The quantitative estimate of drug-likeness (QED) is 0.464. The third-order valence-corrected chi connectivity index (χ3v) is 8.07. The first-order chi connectivity index (χ1) is 16.7. The van der Waals surface area contributed by atoms with Crippen LogP contribution < -0.4 is 10.0 Å². The van der Waals surface area contributed by atoms with Crippen molar-refractivity contribution < 1.29 is 22.7 Å². The molecule has 1 fully saturated rings. The lowest BCUT2D eigenvalue weighted by molar-refractivity contribution is 0.0827. The maximum atomic E-state index is 13.2. The molecule has 3 unspecified atom stereocenters. The van der Waals surface area contributed by atoms with Gasteiger partial charge in [0.2, 0.25) is 0 Å². The van der Waals surface area contributed by atoms with Gasteiger partial charge in [-0.05, 0) is 62.2 Å². The number of fused-ring (bicyclic) bond motifs is 3. The second kappa shape index (κ2) is 8.94. The van der Waals surface area contributed by atoms with Gasteiger partial charge in [-0.1, -0.05) is 30.3 Å². The van der Waals surface area contributed by atoms with Crippen molar-refractivity contribution in [1.29, 1.82) is 0 Å². The first kappa shape index (κ1) is 23.3. The van der Waals surface area contributed by atoms with Gasteiger partial charge in [0.05, 0.1) is 17.0 Å². The van der Waals surface area contributed by atoms with Crippen molar-refractivity contribution in [3.63, 3.8) is 0 Å². The molecule has 5 rings (SSSR count). The molecule has 8 heteroatoms. The van der Waals surface area contributed by atoms with Crippen LogP contribution in [0.25, 0.3) is 0 Å². The maximum absolute atomic E-state index is 13.2. The molecule has 2 N–H and O–H groups in total. The molecule has 3 atom stereocenters. The predicted molar refractivity (Wildman–Crippen MR) is 133 cm³/mol. The van der Waals surface area contributed by atoms with E-state index in [9.17, 15) is 18.0 Å². The van der Waals surface area contributed by atoms with E-state index in [0.717, 1.165) is 23.2 Å². The topological polar surface area (TPSA) is 102 Å². The van der Waals surface area contributed by atoms with E-state index < -0.39 is 10.0 Å². The molecule has 7 nitrogen and oxygen atoms in total. The van der Waals surface area contributed by atoms with Crippen LogP contribution in [0.5, 0.6) is 0 Å². The van der Waals surface area contributed by atoms with Gasteiger partial charge in [0, 0.05) is 40.6 Å². The second-order valence-electron chi connectivity index (χ2n) is 9.04.